The van der Waals surface area contributed by atoms with Crippen LogP contribution in [0.2, 0.25) is 0 Å². The molecule has 0 spiro atoms. The number of carboxylic acids is 1. The normalized spacial score (nSPS) is 19.3. The number of halogens is 2. The summed E-state index contributed by atoms with van der Waals surface area (Å²) in [6, 6.07) is 4.88. The van der Waals surface area contributed by atoms with Crippen molar-refractivity contribution >= 4 is 17.0 Å². The van der Waals surface area contributed by atoms with Crippen LogP contribution in [0, 0.1) is 0 Å². The van der Waals surface area contributed by atoms with Crippen LogP contribution in [0.3, 0.4) is 0 Å². The number of nitrogens with zero attached hydrogens (tertiary/aromatic N) is 1. The zero-order valence-electron chi connectivity index (χ0n) is 10.7. The smallest absolute Gasteiger partial charge is 0.337 e. The van der Waals surface area contributed by atoms with Gasteiger partial charge in [-0.15, -0.1) is 0 Å². The Morgan fingerprint density at radius 3 is 2.70 bits per heavy atom. The van der Waals surface area contributed by atoms with Crippen LogP contribution in [0.4, 0.5) is 8.78 Å². The van der Waals surface area contributed by atoms with Crippen LogP contribution in [0.1, 0.15) is 47.8 Å². The van der Waals surface area contributed by atoms with E-state index in [4.69, 9.17) is 5.11 Å². The van der Waals surface area contributed by atoms with Crippen molar-refractivity contribution in [3.63, 3.8) is 0 Å². The molecule has 106 valence electrons. The topological polar surface area (TPSA) is 66.0 Å². The fourth-order valence-corrected chi connectivity index (χ4v) is 2.73. The first-order valence-corrected chi connectivity index (χ1v) is 6.56. The Bertz CT molecular complexity index is 656. The molecule has 0 amide bonds. The number of carboxylic acid groups (broad SMARTS) is 1. The third-order valence-electron chi connectivity index (χ3n) is 3.87. The summed E-state index contributed by atoms with van der Waals surface area (Å²) in [5, 5.41) is 9.12. The Kier molecular flexibility index (Phi) is 2.96. The number of hydrogen-bond donors (Lipinski definition) is 2. The van der Waals surface area contributed by atoms with Crippen molar-refractivity contribution in [3.8, 4) is 0 Å². The number of benzene rings is 1. The van der Waals surface area contributed by atoms with Gasteiger partial charge in [-0.1, -0.05) is 6.07 Å². The minimum Gasteiger partial charge on any atom is -0.478 e. The highest BCUT2D eigenvalue weighted by molar-refractivity contribution is 6.00. The second kappa shape index (κ2) is 4.54. The lowest BCUT2D eigenvalue weighted by Gasteiger charge is -2.26. The van der Waals surface area contributed by atoms with E-state index in [9.17, 15) is 13.6 Å². The van der Waals surface area contributed by atoms with E-state index in [-0.39, 0.29) is 24.3 Å². The number of fused-ring (bicyclic) bond motifs is 1. The molecule has 2 aromatic rings. The van der Waals surface area contributed by atoms with Gasteiger partial charge < -0.3 is 10.1 Å². The maximum Gasteiger partial charge on any atom is 0.337 e. The minimum absolute atomic E-state index is 0.0522. The molecule has 0 radical (unpaired) electrons. The Morgan fingerprint density at radius 1 is 1.35 bits per heavy atom. The molecule has 1 aromatic heterocycles. The maximum atomic E-state index is 13.2. The average Bonchev–Trinajstić information content (AvgIpc) is 2.81. The quantitative estimate of drug-likeness (QED) is 0.884. The number of hydrogen-bond acceptors (Lipinski definition) is 2. The van der Waals surface area contributed by atoms with Gasteiger partial charge in [0, 0.05) is 18.8 Å². The van der Waals surface area contributed by atoms with Crippen LogP contribution in [0.15, 0.2) is 18.2 Å². The van der Waals surface area contributed by atoms with Gasteiger partial charge in [-0.3, -0.25) is 0 Å². The highest BCUT2D eigenvalue weighted by Gasteiger charge is 2.36. The summed E-state index contributed by atoms with van der Waals surface area (Å²) in [4.78, 5) is 18.5. The number of aromatic carboxylic acids is 1. The van der Waals surface area contributed by atoms with Gasteiger partial charge in [-0.25, -0.2) is 18.6 Å². The van der Waals surface area contributed by atoms with E-state index in [1.165, 1.54) is 6.07 Å². The molecule has 0 unspecified atom stereocenters. The molecule has 0 saturated heterocycles. The molecule has 1 aromatic carbocycles. The van der Waals surface area contributed by atoms with Crippen LogP contribution in [-0.4, -0.2) is 27.0 Å². The van der Waals surface area contributed by atoms with Crippen molar-refractivity contribution in [2.24, 2.45) is 0 Å². The summed E-state index contributed by atoms with van der Waals surface area (Å²) >= 11 is 0. The van der Waals surface area contributed by atoms with Crippen LogP contribution >= 0.6 is 0 Å². The number of aromatic amines is 1. The van der Waals surface area contributed by atoms with Crippen molar-refractivity contribution in [2.75, 3.05) is 0 Å². The molecule has 1 aliphatic carbocycles. The first-order valence-electron chi connectivity index (χ1n) is 6.56. The van der Waals surface area contributed by atoms with E-state index >= 15 is 0 Å². The number of alkyl halides is 2. The van der Waals surface area contributed by atoms with Crippen LogP contribution in [0.5, 0.6) is 0 Å². The minimum atomic E-state index is -2.57. The van der Waals surface area contributed by atoms with Gasteiger partial charge in [0.15, 0.2) is 0 Å². The Hall–Kier alpha value is -1.98. The van der Waals surface area contributed by atoms with Gasteiger partial charge in [0.1, 0.15) is 11.3 Å². The molecule has 0 aliphatic heterocycles. The molecule has 0 atom stereocenters. The molecule has 20 heavy (non-hydrogen) atoms. The summed E-state index contributed by atoms with van der Waals surface area (Å²) < 4.78 is 26.3. The highest BCUT2D eigenvalue weighted by Crippen LogP contribution is 2.40. The lowest BCUT2D eigenvalue weighted by molar-refractivity contribution is -0.0387. The van der Waals surface area contributed by atoms with Gasteiger partial charge in [-0.2, -0.15) is 0 Å². The number of imidazole rings is 1. The molecule has 3 rings (SSSR count). The molecule has 0 bridgehead atoms. The van der Waals surface area contributed by atoms with E-state index in [0.29, 0.717) is 29.7 Å². The molecule has 1 heterocycles. The fourth-order valence-electron chi connectivity index (χ4n) is 2.73. The van der Waals surface area contributed by atoms with Crippen molar-refractivity contribution < 1.29 is 18.7 Å². The first-order chi connectivity index (χ1) is 9.46. The Morgan fingerprint density at radius 2 is 2.05 bits per heavy atom. The van der Waals surface area contributed by atoms with Gasteiger partial charge in [0.05, 0.1) is 11.1 Å². The van der Waals surface area contributed by atoms with Gasteiger partial charge in [-0.05, 0) is 25.0 Å². The monoisotopic (exact) mass is 280 g/mol. The zero-order valence-corrected chi connectivity index (χ0v) is 10.7. The van der Waals surface area contributed by atoms with Crippen LogP contribution in [0.25, 0.3) is 11.0 Å². The summed E-state index contributed by atoms with van der Waals surface area (Å²) in [7, 11) is 0. The molecule has 1 saturated carbocycles. The lowest BCUT2D eigenvalue weighted by atomic mass is 9.86. The molecule has 1 fully saturated rings. The molecule has 4 nitrogen and oxygen atoms in total. The second-order valence-electron chi connectivity index (χ2n) is 5.26. The summed E-state index contributed by atoms with van der Waals surface area (Å²) in [5.41, 5.74) is 1.16. The van der Waals surface area contributed by atoms with Gasteiger partial charge in [0.2, 0.25) is 5.92 Å². The predicted octanol–water partition coefficient (Wildman–Crippen LogP) is 3.55. The molecule has 6 heteroatoms. The average molecular weight is 280 g/mol. The summed E-state index contributed by atoms with van der Waals surface area (Å²) in [6.07, 6.45) is 0.464. The third kappa shape index (κ3) is 2.26. The van der Waals surface area contributed by atoms with Gasteiger partial charge >= 0.3 is 5.97 Å². The van der Waals surface area contributed by atoms with Crippen molar-refractivity contribution in [1.29, 1.82) is 0 Å². The van der Waals surface area contributed by atoms with Crippen LogP contribution in [-0.2, 0) is 0 Å². The number of carbonyl (C=O) groups is 1. The number of para-hydroxylation sites is 1. The largest absolute Gasteiger partial charge is 0.478 e. The summed E-state index contributed by atoms with van der Waals surface area (Å²) in [5.74, 6) is -3.05. The Labute approximate surface area is 113 Å². The standard InChI is InChI=1S/C14H14F2N2O2/c15-14(16)6-4-8(5-7-14)12-17-10-3-1-2-9(13(19)20)11(10)18-12/h1-3,8H,4-7H2,(H,17,18)(H,19,20). The number of H-pyrrole nitrogens is 1. The van der Waals surface area contributed by atoms with Crippen molar-refractivity contribution in [2.45, 2.75) is 37.5 Å². The zero-order chi connectivity index (χ0) is 14.3. The van der Waals surface area contributed by atoms with Crippen LogP contribution < -0.4 is 0 Å². The lowest BCUT2D eigenvalue weighted by Crippen LogP contribution is -2.24. The van der Waals surface area contributed by atoms with Gasteiger partial charge in [0.25, 0.3) is 0 Å². The maximum absolute atomic E-state index is 13.2. The first kappa shape index (κ1) is 13.0. The molecular formula is C14H14F2N2O2. The van der Waals surface area contributed by atoms with E-state index in [1.807, 2.05) is 0 Å². The van der Waals surface area contributed by atoms with E-state index in [2.05, 4.69) is 9.97 Å². The second-order valence-corrected chi connectivity index (χ2v) is 5.26. The Balaban J connectivity index is 1.94. The fraction of sp³-hybridized carbons (Fsp3) is 0.429. The highest BCUT2D eigenvalue weighted by atomic mass is 19.3. The molecular weight excluding hydrogens is 266 g/mol. The van der Waals surface area contributed by atoms with E-state index in [1.54, 1.807) is 12.1 Å². The third-order valence-corrected chi connectivity index (χ3v) is 3.87. The molecule has 1 aliphatic rings. The van der Waals surface area contributed by atoms with Crippen molar-refractivity contribution in [1.82, 2.24) is 9.97 Å². The summed E-state index contributed by atoms with van der Waals surface area (Å²) in [6.45, 7) is 0. The van der Waals surface area contributed by atoms with Crippen molar-refractivity contribution in [3.05, 3.63) is 29.6 Å². The number of rotatable bonds is 2. The SMILES string of the molecule is O=C(O)c1cccc2[nH]c(C3CCC(F)(F)CC3)nc12. The number of nitrogens with one attached hydrogen (secondary N) is 1. The predicted molar refractivity (Wildman–Crippen MR) is 69.2 cm³/mol. The number of aromatic nitrogens is 2. The van der Waals surface area contributed by atoms with E-state index < -0.39 is 11.9 Å². The molecule has 2 N–H and O–H groups in total. The van der Waals surface area contributed by atoms with E-state index in [0.717, 1.165) is 0 Å².